The molecule has 2 aromatic rings. The van der Waals surface area contributed by atoms with E-state index < -0.39 is 5.97 Å². The molecule has 0 aliphatic carbocycles. The highest BCUT2D eigenvalue weighted by Gasteiger charge is 2.17. The molecule has 1 aliphatic rings. The van der Waals surface area contributed by atoms with Gasteiger partial charge >= 0.3 is 5.97 Å². The maximum absolute atomic E-state index is 10.9. The smallest absolute Gasteiger partial charge is 0.307 e. The van der Waals surface area contributed by atoms with Crippen molar-refractivity contribution in [3.63, 3.8) is 0 Å². The highest BCUT2D eigenvalue weighted by molar-refractivity contribution is 5.71. The maximum atomic E-state index is 10.9. The number of hydrogen-bond donors (Lipinski definition) is 1. The van der Waals surface area contributed by atoms with Crippen molar-refractivity contribution in [2.75, 3.05) is 0 Å². The fraction of sp³-hybridized carbons (Fsp3) is 0.188. The first-order valence-corrected chi connectivity index (χ1v) is 6.26. The molecule has 0 unspecified atom stereocenters. The van der Waals surface area contributed by atoms with Crippen molar-refractivity contribution in [1.29, 1.82) is 0 Å². The molecule has 0 fully saturated rings. The summed E-state index contributed by atoms with van der Waals surface area (Å²) in [5, 5.41) is 8.99. The monoisotopic (exact) mass is 254 g/mol. The standard InChI is InChI=1S/C16H14O3/c17-16(18)9-12-6-3-7-15-14(12)8-11-4-1-2-5-13(11)10-19-15/h1-7H,8-10H2,(H,17,18). The molecule has 2 aromatic carbocycles. The topological polar surface area (TPSA) is 46.5 Å². The Bertz CT molecular complexity index is 632. The minimum Gasteiger partial charge on any atom is -0.489 e. The number of aliphatic carboxylic acids is 1. The molecule has 0 bridgehead atoms. The zero-order valence-electron chi connectivity index (χ0n) is 10.4. The number of carboxylic acids is 1. The summed E-state index contributed by atoms with van der Waals surface area (Å²) in [6.07, 6.45) is 0.768. The first kappa shape index (κ1) is 11.8. The van der Waals surface area contributed by atoms with Crippen LogP contribution >= 0.6 is 0 Å². The number of carboxylic acid groups (broad SMARTS) is 1. The average molecular weight is 254 g/mol. The lowest BCUT2D eigenvalue weighted by molar-refractivity contribution is -0.136. The Hall–Kier alpha value is -2.29. The first-order chi connectivity index (χ1) is 9.24. The molecule has 3 nitrogen and oxygen atoms in total. The highest BCUT2D eigenvalue weighted by atomic mass is 16.5. The molecule has 19 heavy (non-hydrogen) atoms. The van der Waals surface area contributed by atoms with Gasteiger partial charge in [0.25, 0.3) is 0 Å². The van der Waals surface area contributed by atoms with Gasteiger partial charge in [0.05, 0.1) is 6.42 Å². The summed E-state index contributed by atoms with van der Waals surface area (Å²) < 4.78 is 5.80. The van der Waals surface area contributed by atoms with Crippen molar-refractivity contribution >= 4 is 5.97 Å². The molecule has 0 radical (unpaired) electrons. The van der Waals surface area contributed by atoms with Crippen LogP contribution in [0.3, 0.4) is 0 Å². The van der Waals surface area contributed by atoms with Crippen molar-refractivity contribution < 1.29 is 14.6 Å². The Morgan fingerprint density at radius 1 is 1.11 bits per heavy atom. The van der Waals surface area contributed by atoms with E-state index in [0.29, 0.717) is 6.61 Å². The van der Waals surface area contributed by atoms with Gasteiger partial charge in [0.15, 0.2) is 0 Å². The summed E-state index contributed by atoms with van der Waals surface area (Å²) in [6.45, 7) is 0.541. The van der Waals surface area contributed by atoms with Crippen LogP contribution in [0.5, 0.6) is 5.75 Å². The normalized spacial score (nSPS) is 12.8. The van der Waals surface area contributed by atoms with Gasteiger partial charge in [-0.2, -0.15) is 0 Å². The van der Waals surface area contributed by atoms with Crippen LogP contribution in [0.25, 0.3) is 0 Å². The van der Waals surface area contributed by atoms with Gasteiger partial charge in [-0.05, 0) is 22.8 Å². The van der Waals surface area contributed by atoms with E-state index in [1.807, 2.05) is 30.3 Å². The number of fused-ring (bicyclic) bond motifs is 2. The van der Waals surface area contributed by atoms with E-state index in [1.54, 1.807) is 0 Å². The van der Waals surface area contributed by atoms with Gasteiger partial charge in [-0.25, -0.2) is 0 Å². The van der Waals surface area contributed by atoms with E-state index in [-0.39, 0.29) is 6.42 Å². The summed E-state index contributed by atoms with van der Waals surface area (Å²) >= 11 is 0. The first-order valence-electron chi connectivity index (χ1n) is 6.26. The Morgan fingerprint density at radius 2 is 1.89 bits per heavy atom. The second-order valence-electron chi connectivity index (χ2n) is 4.70. The number of rotatable bonds is 2. The highest BCUT2D eigenvalue weighted by Crippen LogP contribution is 2.31. The lowest BCUT2D eigenvalue weighted by Gasteiger charge is -2.10. The number of benzene rings is 2. The van der Waals surface area contributed by atoms with Gasteiger partial charge < -0.3 is 9.84 Å². The maximum Gasteiger partial charge on any atom is 0.307 e. The third-order valence-corrected chi connectivity index (χ3v) is 3.44. The van der Waals surface area contributed by atoms with E-state index in [9.17, 15) is 4.79 Å². The van der Waals surface area contributed by atoms with Crippen molar-refractivity contribution in [3.8, 4) is 5.75 Å². The van der Waals surface area contributed by atoms with Crippen LogP contribution in [0.4, 0.5) is 0 Å². The van der Waals surface area contributed by atoms with Crippen LogP contribution in [0.1, 0.15) is 22.3 Å². The largest absolute Gasteiger partial charge is 0.489 e. The van der Waals surface area contributed by atoms with Crippen LogP contribution in [-0.2, 0) is 24.2 Å². The summed E-state index contributed by atoms with van der Waals surface area (Å²) in [6, 6.07) is 13.8. The molecule has 1 N–H and O–H groups in total. The van der Waals surface area contributed by atoms with E-state index >= 15 is 0 Å². The van der Waals surface area contributed by atoms with E-state index in [1.165, 1.54) is 11.1 Å². The van der Waals surface area contributed by atoms with Crippen LogP contribution in [0.2, 0.25) is 0 Å². The number of ether oxygens (including phenoxy) is 1. The van der Waals surface area contributed by atoms with E-state index in [2.05, 4.69) is 12.1 Å². The van der Waals surface area contributed by atoms with Crippen molar-refractivity contribution in [2.45, 2.75) is 19.4 Å². The van der Waals surface area contributed by atoms with Gasteiger partial charge in [0.2, 0.25) is 0 Å². The van der Waals surface area contributed by atoms with E-state index in [4.69, 9.17) is 9.84 Å². The van der Waals surface area contributed by atoms with Gasteiger partial charge in [0, 0.05) is 12.0 Å². The Morgan fingerprint density at radius 3 is 2.68 bits per heavy atom. The van der Waals surface area contributed by atoms with Crippen LogP contribution in [0.15, 0.2) is 42.5 Å². The molecule has 0 amide bonds. The fourth-order valence-corrected chi connectivity index (χ4v) is 2.49. The van der Waals surface area contributed by atoms with Crippen LogP contribution in [-0.4, -0.2) is 11.1 Å². The average Bonchev–Trinajstić information content (AvgIpc) is 2.58. The lowest BCUT2D eigenvalue weighted by Crippen LogP contribution is -2.04. The van der Waals surface area contributed by atoms with Crippen molar-refractivity contribution in [1.82, 2.24) is 0 Å². The van der Waals surface area contributed by atoms with Gasteiger partial charge in [-0.15, -0.1) is 0 Å². The van der Waals surface area contributed by atoms with Gasteiger partial charge in [-0.1, -0.05) is 36.4 Å². The predicted octanol–water partition coefficient (Wildman–Crippen LogP) is 2.80. The number of hydrogen-bond acceptors (Lipinski definition) is 2. The molecule has 0 aromatic heterocycles. The summed E-state index contributed by atoms with van der Waals surface area (Å²) in [4.78, 5) is 10.9. The SMILES string of the molecule is O=C(O)Cc1cccc2c1Cc1ccccc1CO2. The molecule has 0 spiro atoms. The molecule has 0 saturated carbocycles. The Kier molecular flexibility index (Phi) is 2.95. The Labute approximate surface area is 111 Å². The molecular formula is C16H14O3. The molecule has 1 aliphatic heterocycles. The Balaban J connectivity index is 2.06. The predicted molar refractivity (Wildman–Crippen MR) is 71.4 cm³/mol. The molecule has 3 heteroatoms. The molecular weight excluding hydrogens is 240 g/mol. The molecule has 0 saturated heterocycles. The van der Waals surface area contributed by atoms with E-state index in [0.717, 1.165) is 23.3 Å². The third kappa shape index (κ3) is 2.32. The number of carbonyl (C=O) groups is 1. The van der Waals surface area contributed by atoms with Crippen molar-refractivity contribution in [3.05, 3.63) is 64.7 Å². The summed E-state index contributed by atoms with van der Waals surface area (Å²) in [5.74, 6) is -0.0131. The lowest BCUT2D eigenvalue weighted by atomic mass is 9.95. The van der Waals surface area contributed by atoms with Gasteiger partial charge in [0.1, 0.15) is 12.4 Å². The second-order valence-corrected chi connectivity index (χ2v) is 4.70. The molecule has 0 atom stereocenters. The summed E-state index contributed by atoms with van der Waals surface area (Å²) in [5.41, 5.74) is 4.20. The fourth-order valence-electron chi connectivity index (χ4n) is 2.49. The zero-order chi connectivity index (χ0) is 13.2. The minimum atomic E-state index is -0.814. The van der Waals surface area contributed by atoms with Crippen molar-refractivity contribution in [2.24, 2.45) is 0 Å². The quantitative estimate of drug-likeness (QED) is 0.896. The van der Waals surface area contributed by atoms with Crippen LogP contribution in [0, 0.1) is 0 Å². The second kappa shape index (κ2) is 4.76. The van der Waals surface area contributed by atoms with Crippen LogP contribution < -0.4 is 4.74 Å². The summed E-state index contributed by atoms with van der Waals surface area (Å²) in [7, 11) is 0. The molecule has 3 rings (SSSR count). The van der Waals surface area contributed by atoms with Gasteiger partial charge in [-0.3, -0.25) is 4.79 Å². The third-order valence-electron chi connectivity index (χ3n) is 3.44. The zero-order valence-corrected chi connectivity index (χ0v) is 10.4. The molecule has 96 valence electrons. The minimum absolute atomic E-state index is 0.0364. The molecule has 1 heterocycles.